The van der Waals surface area contributed by atoms with Crippen LogP contribution in [0.5, 0.6) is 0 Å². The maximum Gasteiger partial charge on any atom is 0.452 e. The minimum Gasteiger partial charge on any atom is -0.378 e. The standard InChI is InChI=1S/C18H18F3N3O3S2/c1-11-16(9-15(28-11)14-8-17(27-23-14)18(19,20)21)29(25,26)22-10-12-4-6-13(7-5-12)24(2)3/h4-9,22H,10H2,1-3H3. The summed E-state index contributed by atoms with van der Waals surface area (Å²) in [6.45, 7) is 1.67. The molecule has 3 aromatic rings. The molecule has 2 aromatic heterocycles. The normalized spacial score (nSPS) is 12.3. The van der Waals surface area contributed by atoms with Gasteiger partial charge in [0.05, 0.1) is 9.77 Å². The summed E-state index contributed by atoms with van der Waals surface area (Å²) >= 11 is 1.03. The number of hydrogen-bond donors (Lipinski definition) is 1. The molecule has 6 nitrogen and oxygen atoms in total. The fourth-order valence-electron chi connectivity index (χ4n) is 2.55. The largest absolute Gasteiger partial charge is 0.452 e. The van der Waals surface area contributed by atoms with Gasteiger partial charge >= 0.3 is 6.18 Å². The van der Waals surface area contributed by atoms with Gasteiger partial charge < -0.3 is 9.42 Å². The van der Waals surface area contributed by atoms with Crippen LogP contribution in [0.2, 0.25) is 0 Å². The molecule has 29 heavy (non-hydrogen) atoms. The van der Waals surface area contributed by atoms with E-state index in [9.17, 15) is 21.6 Å². The fourth-order valence-corrected chi connectivity index (χ4v) is 5.11. The second kappa shape index (κ2) is 7.81. The Hall–Kier alpha value is -2.37. The Bertz CT molecular complexity index is 1100. The van der Waals surface area contributed by atoms with Gasteiger partial charge in [-0.1, -0.05) is 17.3 Å². The lowest BCUT2D eigenvalue weighted by molar-refractivity contribution is -0.155. The SMILES string of the molecule is Cc1sc(-c2cc(C(F)(F)F)on2)cc1S(=O)(=O)NCc1ccc(N(C)C)cc1. The van der Waals surface area contributed by atoms with E-state index in [1.165, 1.54) is 6.07 Å². The third-order valence-electron chi connectivity index (χ3n) is 4.12. The number of anilines is 1. The number of aromatic nitrogens is 1. The van der Waals surface area contributed by atoms with Crippen LogP contribution in [0.25, 0.3) is 10.6 Å². The van der Waals surface area contributed by atoms with Crippen molar-refractivity contribution >= 4 is 27.0 Å². The van der Waals surface area contributed by atoms with E-state index >= 15 is 0 Å². The van der Waals surface area contributed by atoms with Gasteiger partial charge in [0, 0.05) is 37.3 Å². The van der Waals surface area contributed by atoms with Crippen LogP contribution in [0.4, 0.5) is 18.9 Å². The molecule has 0 saturated carbocycles. The predicted molar refractivity (Wildman–Crippen MR) is 104 cm³/mol. The monoisotopic (exact) mass is 445 g/mol. The average molecular weight is 445 g/mol. The highest BCUT2D eigenvalue weighted by Gasteiger charge is 2.36. The number of hydrogen-bond acceptors (Lipinski definition) is 6. The van der Waals surface area contributed by atoms with Crippen LogP contribution in [0.15, 0.2) is 45.8 Å². The second-order valence-corrected chi connectivity index (χ2v) is 9.48. The summed E-state index contributed by atoms with van der Waals surface area (Å²) in [5, 5.41) is 3.40. The highest BCUT2D eigenvalue weighted by molar-refractivity contribution is 7.89. The number of nitrogens with one attached hydrogen (secondary N) is 1. The van der Waals surface area contributed by atoms with Crippen LogP contribution < -0.4 is 9.62 Å². The van der Waals surface area contributed by atoms with E-state index < -0.39 is 22.0 Å². The molecule has 0 bridgehead atoms. The van der Waals surface area contributed by atoms with Crippen LogP contribution >= 0.6 is 11.3 Å². The maximum atomic E-state index is 12.7. The number of nitrogens with zero attached hydrogens (tertiary/aromatic N) is 2. The summed E-state index contributed by atoms with van der Waals surface area (Å²) in [5.74, 6) is -1.23. The number of sulfonamides is 1. The Morgan fingerprint density at radius 3 is 2.38 bits per heavy atom. The third kappa shape index (κ3) is 4.80. The number of rotatable bonds is 6. The molecule has 0 aliphatic heterocycles. The van der Waals surface area contributed by atoms with Crippen LogP contribution in [-0.4, -0.2) is 27.7 Å². The van der Waals surface area contributed by atoms with E-state index in [2.05, 4.69) is 14.4 Å². The number of thiophene rings is 1. The second-order valence-electron chi connectivity index (χ2n) is 6.49. The van der Waals surface area contributed by atoms with Gasteiger partial charge in [-0.25, -0.2) is 13.1 Å². The van der Waals surface area contributed by atoms with Gasteiger partial charge in [0.2, 0.25) is 15.8 Å². The van der Waals surface area contributed by atoms with Gasteiger partial charge in [0.15, 0.2) is 0 Å². The fraction of sp³-hybridized carbons (Fsp3) is 0.278. The number of halogens is 3. The quantitative estimate of drug-likeness (QED) is 0.613. The summed E-state index contributed by atoms with van der Waals surface area (Å²) in [7, 11) is -0.0471. The lowest BCUT2D eigenvalue weighted by atomic mass is 10.2. The zero-order valence-electron chi connectivity index (χ0n) is 15.7. The van der Waals surface area contributed by atoms with Crippen molar-refractivity contribution in [2.45, 2.75) is 24.5 Å². The van der Waals surface area contributed by atoms with E-state index in [4.69, 9.17) is 0 Å². The third-order valence-corrected chi connectivity index (χ3v) is 6.85. The van der Waals surface area contributed by atoms with Gasteiger partial charge in [-0.15, -0.1) is 11.3 Å². The first-order valence-corrected chi connectivity index (χ1v) is 10.7. The molecule has 0 aliphatic rings. The van der Waals surface area contributed by atoms with E-state index in [1.807, 2.05) is 43.3 Å². The first-order valence-electron chi connectivity index (χ1n) is 8.38. The van der Waals surface area contributed by atoms with Crippen molar-refractivity contribution in [3.63, 3.8) is 0 Å². The van der Waals surface area contributed by atoms with Crippen molar-refractivity contribution in [3.05, 3.63) is 52.6 Å². The molecule has 3 rings (SSSR count). The molecule has 1 aromatic carbocycles. The minimum absolute atomic E-state index is 0.000953. The van der Waals surface area contributed by atoms with E-state index in [1.54, 1.807) is 6.92 Å². The molecule has 0 spiro atoms. The molecular weight excluding hydrogens is 427 g/mol. The molecule has 0 radical (unpaired) electrons. The Morgan fingerprint density at radius 2 is 1.83 bits per heavy atom. The molecule has 0 amide bonds. The molecule has 0 unspecified atom stereocenters. The van der Waals surface area contributed by atoms with Gasteiger partial charge in [0.1, 0.15) is 5.69 Å². The van der Waals surface area contributed by atoms with E-state index in [0.29, 0.717) is 4.88 Å². The van der Waals surface area contributed by atoms with Crippen molar-refractivity contribution in [2.75, 3.05) is 19.0 Å². The first kappa shape index (κ1) is 21.3. The Kier molecular flexibility index (Phi) is 5.74. The van der Waals surface area contributed by atoms with Crippen molar-refractivity contribution in [2.24, 2.45) is 0 Å². The Balaban J connectivity index is 1.78. The molecule has 0 saturated heterocycles. The summed E-state index contributed by atoms with van der Waals surface area (Å²) in [6.07, 6.45) is -4.66. The van der Waals surface area contributed by atoms with Crippen LogP contribution in [0.3, 0.4) is 0 Å². The van der Waals surface area contributed by atoms with Crippen molar-refractivity contribution in [1.82, 2.24) is 9.88 Å². The first-order chi connectivity index (χ1) is 13.5. The van der Waals surface area contributed by atoms with Crippen LogP contribution in [0.1, 0.15) is 16.2 Å². The lowest BCUT2D eigenvalue weighted by Gasteiger charge is -2.13. The van der Waals surface area contributed by atoms with E-state index in [-0.39, 0.29) is 22.0 Å². The minimum atomic E-state index is -4.66. The van der Waals surface area contributed by atoms with Crippen molar-refractivity contribution in [1.29, 1.82) is 0 Å². The number of aryl methyl sites for hydroxylation is 1. The smallest absolute Gasteiger partial charge is 0.378 e. The average Bonchev–Trinajstić information content (AvgIpc) is 3.27. The summed E-state index contributed by atoms with van der Waals surface area (Å²) in [4.78, 5) is 2.64. The van der Waals surface area contributed by atoms with Crippen LogP contribution in [0, 0.1) is 6.92 Å². The van der Waals surface area contributed by atoms with Crippen molar-refractivity contribution < 1.29 is 26.1 Å². The molecular formula is C18H18F3N3O3S2. The summed E-state index contributed by atoms with van der Waals surface area (Å²) in [6, 6.07) is 9.44. The predicted octanol–water partition coefficient (Wildman–Crippen LogP) is 4.27. The molecule has 0 aliphatic carbocycles. The molecule has 0 atom stereocenters. The lowest BCUT2D eigenvalue weighted by Crippen LogP contribution is -2.23. The molecule has 1 N–H and O–H groups in total. The summed E-state index contributed by atoms with van der Waals surface area (Å²) in [5.41, 5.74) is 1.70. The molecule has 2 heterocycles. The topological polar surface area (TPSA) is 75.4 Å². The highest BCUT2D eigenvalue weighted by Crippen LogP contribution is 2.36. The zero-order chi connectivity index (χ0) is 21.4. The van der Waals surface area contributed by atoms with Gasteiger partial charge in [-0.3, -0.25) is 0 Å². The summed E-state index contributed by atoms with van der Waals surface area (Å²) < 4.78 is 70.2. The van der Waals surface area contributed by atoms with Crippen LogP contribution in [-0.2, 0) is 22.7 Å². The maximum absolute atomic E-state index is 12.7. The van der Waals surface area contributed by atoms with Gasteiger partial charge in [0.25, 0.3) is 0 Å². The molecule has 11 heteroatoms. The number of alkyl halides is 3. The number of benzene rings is 1. The highest BCUT2D eigenvalue weighted by atomic mass is 32.2. The van der Waals surface area contributed by atoms with E-state index in [0.717, 1.165) is 28.7 Å². The molecule has 156 valence electrons. The van der Waals surface area contributed by atoms with Crippen molar-refractivity contribution in [3.8, 4) is 10.6 Å². The van der Waals surface area contributed by atoms with Gasteiger partial charge in [-0.2, -0.15) is 13.2 Å². The Labute approximate surface area is 170 Å². The van der Waals surface area contributed by atoms with Gasteiger partial charge in [-0.05, 0) is 30.7 Å². The molecule has 0 fully saturated rings. The Morgan fingerprint density at radius 1 is 1.17 bits per heavy atom. The zero-order valence-corrected chi connectivity index (χ0v) is 17.4.